The van der Waals surface area contributed by atoms with Crippen LogP contribution in [-0.2, 0) is 4.79 Å². The van der Waals surface area contributed by atoms with E-state index in [0.717, 1.165) is 17.1 Å². The number of nitrogens with one attached hydrogen (secondary N) is 1. The molecule has 0 radical (unpaired) electrons. The van der Waals surface area contributed by atoms with Crippen LogP contribution in [0.2, 0.25) is 0 Å². The first-order valence-electron chi connectivity index (χ1n) is 6.40. The molecule has 0 aromatic heterocycles. The first-order valence-corrected chi connectivity index (χ1v) is 7.39. The first-order chi connectivity index (χ1) is 9.69. The third-order valence-electron chi connectivity index (χ3n) is 3.14. The number of amides is 1. The Hall–Kier alpha value is -1.93. The molecular weight excluding hydrogens is 272 g/mol. The topological polar surface area (TPSA) is 62.1 Å². The summed E-state index contributed by atoms with van der Waals surface area (Å²) in [6, 6.07) is 9.79. The predicted octanol–water partition coefficient (Wildman–Crippen LogP) is 2.79. The maximum Gasteiger partial charge on any atom is 0.225 e. The van der Waals surface area contributed by atoms with E-state index in [1.165, 1.54) is 11.8 Å². The highest BCUT2D eigenvalue weighted by atomic mass is 32.2. The van der Waals surface area contributed by atoms with Crippen molar-refractivity contribution >= 4 is 17.7 Å². The van der Waals surface area contributed by atoms with Crippen molar-refractivity contribution in [2.24, 2.45) is 0 Å². The van der Waals surface area contributed by atoms with Crippen LogP contribution in [0.15, 0.2) is 34.9 Å². The van der Waals surface area contributed by atoms with Crippen molar-refractivity contribution in [1.29, 1.82) is 5.26 Å². The summed E-state index contributed by atoms with van der Waals surface area (Å²) in [7, 11) is 1.60. The second kappa shape index (κ2) is 6.49. The van der Waals surface area contributed by atoms with Crippen molar-refractivity contribution in [1.82, 2.24) is 5.32 Å². The molecule has 1 aliphatic heterocycles. The van der Waals surface area contributed by atoms with E-state index in [1.54, 1.807) is 7.11 Å². The molecule has 0 unspecified atom stereocenters. The molecule has 1 aromatic rings. The molecule has 104 valence electrons. The van der Waals surface area contributed by atoms with Gasteiger partial charge in [0.25, 0.3) is 0 Å². The van der Waals surface area contributed by atoms with Gasteiger partial charge in [-0.3, -0.25) is 4.79 Å². The standard InChI is InChI=1S/C15H16N2O2S/c1-3-20-15-13(9-16)12(8-14(18)17-15)10-5-4-6-11(7-10)19-2/h4-7,12H,3,8H2,1-2H3,(H,17,18)/t12-/m1/s1. The molecule has 0 spiro atoms. The first kappa shape index (κ1) is 14.5. The molecule has 1 aromatic carbocycles. The molecule has 1 aliphatic rings. The van der Waals surface area contributed by atoms with Gasteiger partial charge in [-0.2, -0.15) is 5.26 Å². The number of rotatable bonds is 4. The summed E-state index contributed by atoms with van der Waals surface area (Å²) in [6.07, 6.45) is 0.295. The molecule has 0 saturated heterocycles. The molecule has 1 N–H and O–H groups in total. The summed E-state index contributed by atoms with van der Waals surface area (Å²) >= 11 is 1.49. The fourth-order valence-corrected chi connectivity index (χ4v) is 3.04. The smallest absolute Gasteiger partial charge is 0.225 e. The van der Waals surface area contributed by atoms with E-state index in [2.05, 4.69) is 11.4 Å². The van der Waals surface area contributed by atoms with E-state index in [-0.39, 0.29) is 11.8 Å². The number of hydrogen-bond acceptors (Lipinski definition) is 4. The highest BCUT2D eigenvalue weighted by Crippen LogP contribution is 2.36. The van der Waals surface area contributed by atoms with E-state index in [9.17, 15) is 10.1 Å². The molecule has 20 heavy (non-hydrogen) atoms. The maximum atomic E-state index is 11.8. The van der Waals surface area contributed by atoms with Crippen LogP contribution in [0, 0.1) is 11.3 Å². The lowest BCUT2D eigenvalue weighted by molar-refractivity contribution is -0.120. The van der Waals surface area contributed by atoms with Crippen molar-refractivity contribution in [2.45, 2.75) is 19.3 Å². The number of methoxy groups -OCH3 is 1. The van der Waals surface area contributed by atoms with Crippen LogP contribution < -0.4 is 10.1 Å². The molecule has 0 fully saturated rings. The zero-order valence-corrected chi connectivity index (χ0v) is 12.3. The van der Waals surface area contributed by atoms with Gasteiger partial charge in [-0.15, -0.1) is 11.8 Å². The summed E-state index contributed by atoms with van der Waals surface area (Å²) in [4.78, 5) is 11.8. The van der Waals surface area contributed by atoms with Crippen LogP contribution in [0.3, 0.4) is 0 Å². The van der Waals surface area contributed by atoms with Gasteiger partial charge in [0, 0.05) is 12.3 Å². The van der Waals surface area contributed by atoms with E-state index in [1.807, 2.05) is 31.2 Å². The van der Waals surface area contributed by atoms with Crippen molar-refractivity contribution in [3.8, 4) is 11.8 Å². The Kier molecular flexibility index (Phi) is 4.70. The van der Waals surface area contributed by atoms with Gasteiger partial charge in [-0.1, -0.05) is 19.1 Å². The average Bonchev–Trinajstić information content (AvgIpc) is 2.47. The van der Waals surface area contributed by atoms with Crippen molar-refractivity contribution in [2.75, 3.05) is 12.9 Å². The van der Waals surface area contributed by atoms with E-state index < -0.39 is 0 Å². The number of nitriles is 1. The molecule has 5 heteroatoms. The number of allylic oxidation sites excluding steroid dienone is 1. The van der Waals surface area contributed by atoms with Crippen LogP contribution in [0.25, 0.3) is 0 Å². The van der Waals surface area contributed by atoms with Gasteiger partial charge in [0.05, 0.1) is 23.8 Å². The Morgan fingerprint density at radius 1 is 1.55 bits per heavy atom. The minimum atomic E-state index is -0.196. The van der Waals surface area contributed by atoms with Gasteiger partial charge >= 0.3 is 0 Å². The Morgan fingerprint density at radius 2 is 2.35 bits per heavy atom. The van der Waals surface area contributed by atoms with Crippen LogP contribution in [0.4, 0.5) is 0 Å². The number of hydrogen-bond donors (Lipinski definition) is 1. The summed E-state index contributed by atoms with van der Waals surface area (Å²) in [5, 5.41) is 12.9. The van der Waals surface area contributed by atoms with Gasteiger partial charge in [0.15, 0.2) is 0 Å². The molecular formula is C15H16N2O2S. The number of carbonyl (C=O) groups excluding carboxylic acids is 1. The molecule has 1 atom stereocenters. The van der Waals surface area contributed by atoms with Crippen LogP contribution in [0.5, 0.6) is 5.75 Å². The average molecular weight is 288 g/mol. The monoisotopic (exact) mass is 288 g/mol. The van der Waals surface area contributed by atoms with Crippen LogP contribution in [0.1, 0.15) is 24.8 Å². The molecule has 0 aliphatic carbocycles. The Morgan fingerprint density at radius 3 is 3.00 bits per heavy atom. The fourth-order valence-electron chi connectivity index (χ4n) is 2.22. The summed E-state index contributed by atoms with van der Waals surface area (Å²) in [5.74, 6) is 1.30. The van der Waals surface area contributed by atoms with Crippen molar-refractivity contribution in [3.05, 3.63) is 40.4 Å². The summed E-state index contributed by atoms with van der Waals surface area (Å²) in [6.45, 7) is 1.99. The van der Waals surface area contributed by atoms with E-state index in [0.29, 0.717) is 17.0 Å². The van der Waals surface area contributed by atoms with Gasteiger partial charge in [0.1, 0.15) is 5.75 Å². The number of thioether (sulfide) groups is 1. The second-order valence-electron chi connectivity index (χ2n) is 4.37. The van der Waals surface area contributed by atoms with Crippen LogP contribution >= 0.6 is 11.8 Å². The van der Waals surface area contributed by atoms with Crippen molar-refractivity contribution < 1.29 is 9.53 Å². The molecule has 0 saturated carbocycles. The predicted molar refractivity (Wildman–Crippen MR) is 79.3 cm³/mol. The molecule has 1 heterocycles. The van der Waals surface area contributed by atoms with E-state index in [4.69, 9.17) is 4.74 Å². The number of ether oxygens (including phenoxy) is 1. The van der Waals surface area contributed by atoms with Crippen LogP contribution in [-0.4, -0.2) is 18.8 Å². The zero-order chi connectivity index (χ0) is 14.5. The Balaban J connectivity index is 2.44. The van der Waals surface area contributed by atoms with Gasteiger partial charge in [0.2, 0.25) is 5.91 Å². The molecule has 0 bridgehead atoms. The second-order valence-corrected chi connectivity index (χ2v) is 5.64. The lowest BCUT2D eigenvalue weighted by atomic mass is 9.87. The maximum absolute atomic E-state index is 11.8. The normalized spacial score (nSPS) is 18.4. The largest absolute Gasteiger partial charge is 0.497 e. The lowest BCUT2D eigenvalue weighted by Crippen LogP contribution is -2.30. The minimum absolute atomic E-state index is 0.0484. The summed E-state index contributed by atoms with van der Waals surface area (Å²) in [5.41, 5.74) is 1.56. The van der Waals surface area contributed by atoms with Gasteiger partial charge < -0.3 is 10.1 Å². The molecule has 1 amide bonds. The fraction of sp³-hybridized carbons (Fsp3) is 0.333. The SMILES string of the molecule is CCSC1=C(C#N)[C@@H](c2cccc(OC)c2)CC(=O)N1. The van der Waals surface area contributed by atoms with Gasteiger partial charge in [-0.25, -0.2) is 0 Å². The summed E-state index contributed by atoms with van der Waals surface area (Å²) < 4.78 is 5.21. The number of nitrogens with zero attached hydrogens (tertiary/aromatic N) is 1. The van der Waals surface area contributed by atoms with Crippen molar-refractivity contribution in [3.63, 3.8) is 0 Å². The quantitative estimate of drug-likeness (QED) is 0.925. The third kappa shape index (κ3) is 2.97. The zero-order valence-electron chi connectivity index (χ0n) is 11.5. The molecule has 4 nitrogen and oxygen atoms in total. The van der Waals surface area contributed by atoms with E-state index >= 15 is 0 Å². The third-order valence-corrected chi connectivity index (χ3v) is 4.04. The van der Waals surface area contributed by atoms with Gasteiger partial charge in [-0.05, 0) is 23.4 Å². The highest BCUT2D eigenvalue weighted by Gasteiger charge is 2.29. The number of carbonyl (C=O) groups is 1. The Bertz CT molecular complexity index is 590. The lowest BCUT2D eigenvalue weighted by Gasteiger charge is -2.25. The Labute approximate surface area is 122 Å². The minimum Gasteiger partial charge on any atom is -0.497 e. The molecule has 2 rings (SSSR count). The number of benzene rings is 1. The highest BCUT2D eigenvalue weighted by molar-refractivity contribution is 8.03.